The van der Waals surface area contributed by atoms with Gasteiger partial charge < -0.3 is 4.74 Å². The number of hydrogen-bond acceptors (Lipinski definition) is 3. The number of aromatic nitrogens is 2. The topological polar surface area (TPSA) is 30.3 Å². The molecule has 5 heterocycles. The number of ether oxygens (including phenoxy) is 1. The third-order valence-electron chi connectivity index (χ3n) is 4.38. The van der Waals surface area contributed by atoms with Crippen LogP contribution >= 0.6 is 31.9 Å². The summed E-state index contributed by atoms with van der Waals surface area (Å²) in [5.41, 5.74) is -0.0119. The van der Waals surface area contributed by atoms with Gasteiger partial charge in [0.25, 0.3) is 6.01 Å². The summed E-state index contributed by atoms with van der Waals surface area (Å²) in [7, 11) is 0. The molecule has 4 aliphatic rings. The van der Waals surface area contributed by atoms with Crippen LogP contribution in [0.3, 0.4) is 0 Å². The van der Waals surface area contributed by atoms with Gasteiger partial charge in [-0.05, 0) is 57.8 Å². The molecule has 4 nitrogen and oxygen atoms in total. The van der Waals surface area contributed by atoms with E-state index >= 15 is 0 Å². The molecule has 1 spiro atoms. The molecule has 0 unspecified atom stereocenters. The molecule has 2 bridgehead atoms. The Kier molecular flexibility index (Phi) is 2.22. The van der Waals surface area contributed by atoms with Crippen molar-refractivity contribution in [3.8, 4) is 6.01 Å². The summed E-state index contributed by atoms with van der Waals surface area (Å²) < 4.78 is 10.2. The fourth-order valence-corrected chi connectivity index (χ4v) is 4.23. The highest BCUT2D eigenvalue weighted by Gasteiger charge is 2.53. The average Bonchev–Trinajstić information content (AvgIpc) is 2.79. The minimum absolute atomic E-state index is 0.0119. The van der Waals surface area contributed by atoms with Crippen molar-refractivity contribution >= 4 is 31.9 Å². The lowest BCUT2D eigenvalue weighted by atomic mass is 9.75. The van der Waals surface area contributed by atoms with E-state index in [1.807, 2.05) is 0 Å². The summed E-state index contributed by atoms with van der Waals surface area (Å²) in [6.45, 7) is 4.47. The molecular formula is C11H13Br2N3O. The van der Waals surface area contributed by atoms with E-state index in [0.717, 1.165) is 28.3 Å². The van der Waals surface area contributed by atoms with E-state index in [4.69, 9.17) is 4.74 Å². The molecule has 92 valence electrons. The van der Waals surface area contributed by atoms with E-state index in [9.17, 15) is 0 Å². The maximum atomic E-state index is 6.22. The zero-order valence-electron chi connectivity index (χ0n) is 9.33. The predicted octanol–water partition coefficient (Wildman–Crippen LogP) is 2.26. The summed E-state index contributed by atoms with van der Waals surface area (Å²) >= 11 is 6.99. The minimum atomic E-state index is -0.0119. The van der Waals surface area contributed by atoms with Crippen LogP contribution in [0.4, 0.5) is 0 Å². The molecule has 1 atom stereocenters. The number of imidazole rings is 1. The first-order chi connectivity index (χ1) is 8.18. The van der Waals surface area contributed by atoms with Crippen LogP contribution in [-0.4, -0.2) is 39.7 Å². The van der Waals surface area contributed by atoms with Crippen LogP contribution in [0, 0.1) is 5.92 Å². The van der Waals surface area contributed by atoms with Crippen LogP contribution in [0.25, 0.3) is 0 Å². The first kappa shape index (κ1) is 10.8. The second-order valence-corrected chi connectivity index (χ2v) is 6.78. The summed E-state index contributed by atoms with van der Waals surface area (Å²) in [6, 6.07) is 0.762. The fourth-order valence-electron chi connectivity index (χ4n) is 3.50. The molecule has 6 heteroatoms. The van der Waals surface area contributed by atoms with Crippen molar-refractivity contribution in [2.75, 3.05) is 19.6 Å². The lowest BCUT2D eigenvalue weighted by Crippen LogP contribution is -2.61. The van der Waals surface area contributed by atoms with Gasteiger partial charge in [-0.15, -0.1) is 0 Å². The lowest BCUT2D eigenvalue weighted by Gasteiger charge is -2.50. The van der Waals surface area contributed by atoms with Crippen molar-refractivity contribution in [3.05, 3.63) is 9.21 Å². The van der Waals surface area contributed by atoms with E-state index in [1.54, 1.807) is 0 Å². The normalized spacial score (nSPS) is 38.5. The van der Waals surface area contributed by atoms with Crippen molar-refractivity contribution in [2.24, 2.45) is 5.92 Å². The quantitative estimate of drug-likeness (QED) is 0.709. The van der Waals surface area contributed by atoms with Gasteiger partial charge in [-0.25, -0.2) is 0 Å². The largest absolute Gasteiger partial charge is 0.454 e. The van der Waals surface area contributed by atoms with Crippen molar-refractivity contribution < 1.29 is 4.74 Å². The molecule has 0 N–H and O–H groups in total. The summed E-state index contributed by atoms with van der Waals surface area (Å²) in [5.74, 6) is 0.694. The number of halogens is 2. The van der Waals surface area contributed by atoms with Crippen molar-refractivity contribution in [3.63, 3.8) is 0 Å². The monoisotopic (exact) mass is 361 g/mol. The molecule has 17 heavy (non-hydrogen) atoms. The first-order valence-corrected chi connectivity index (χ1v) is 7.59. The number of hydrogen-bond donors (Lipinski definition) is 0. The van der Waals surface area contributed by atoms with Gasteiger partial charge in [0, 0.05) is 12.5 Å². The Morgan fingerprint density at radius 1 is 1.24 bits per heavy atom. The number of rotatable bonds is 0. The number of nitrogens with zero attached hydrogens (tertiary/aromatic N) is 3. The van der Waals surface area contributed by atoms with Crippen molar-refractivity contribution in [2.45, 2.75) is 25.0 Å². The van der Waals surface area contributed by atoms with Gasteiger partial charge >= 0.3 is 0 Å². The van der Waals surface area contributed by atoms with Gasteiger partial charge in [0.15, 0.2) is 0 Å². The lowest BCUT2D eigenvalue weighted by molar-refractivity contribution is -0.0836. The minimum Gasteiger partial charge on any atom is -0.454 e. The highest BCUT2D eigenvalue weighted by Crippen LogP contribution is 2.45. The van der Waals surface area contributed by atoms with Crippen molar-refractivity contribution in [1.82, 2.24) is 14.5 Å². The van der Waals surface area contributed by atoms with Crippen LogP contribution in [0.1, 0.15) is 12.8 Å². The Hall–Kier alpha value is -0.0700. The third-order valence-corrected chi connectivity index (χ3v) is 6.26. The fraction of sp³-hybridized carbons (Fsp3) is 0.727. The molecule has 0 saturated carbocycles. The highest BCUT2D eigenvalue weighted by molar-refractivity contribution is 9.13. The standard InChI is InChI=1S/C11H13Br2N3O/c12-8-9(13)16-6-11(17-10(16)14-8)5-15-3-1-7(11)2-4-15/h7H,1-6H2/t11-/m0/s1. The molecule has 5 rings (SSSR count). The molecule has 3 saturated heterocycles. The highest BCUT2D eigenvalue weighted by atomic mass is 79.9. The van der Waals surface area contributed by atoms with Crippen LogP contribution in [0.5, 0.6) is 6.01 Å². The Labute approximate surface area is 117 Å². The van der Waals surface area contributed by atoms with Crippen LogP contribution in [0.2, 0.25) is 0 Å². The van der Waals surface area contributed by atoms with Gasteiger partial charge in [-0.1, -0.05) is 0 Å². The molecule has 0 amide bonds. The van der Waals surface area contributed by atoms with Gasteiger partial charge in [-0.2, -0.15) is 4.98 Å². The molecular weight excluding hydrogens is 350 g/mol. The molecule has 0 aliphatic carbocycles. The molecule has 0 radical (unpaired) electrons. The molecule has 3 fully saturated rings. The van der Waals surface area contributed by atoms with Crippen molar-refractivity contribution in [1.29, 1.82) is 0 Å². The summed E-state index contributed by atoms with van der Waals surface area (Å²) in [6.07, 6.45) is 2.53. The number of fused-ring (bicyclic) bond motifs is 3. The molecule has 4 aliphatic heterocycles. The SMILES string of the molecule is Brc1nc2n(c1Br)C[C@]1(CN3CCC1CC3)O2. The number of piperidine rings is 3. The van der Waals surface area contributed by atoms with Crippen LogP contribution in [0.15, 0.2) is 9.21 Å². The average molecular weight is 363 g/mol. The van der Waals surface area contributed by atoms with E-state index in [1.165, 1.54) is 25.9 Å². The molecule has 0 aromatic carbocycles. The maximum absolute atomic E-state index is 6.22. The molecule has 1 aromatic heterocycles. The molecule has 1 aromatic rings. The van der Waals surface area contributed by atoms with E-state index in [-0.39, 0.29) is 5.60 Å². The smallest absolute Gasteiger partial charge is 0.299 e. The predicted molar refractivity (Wildman–Crippen MR) is 70.2 cm³/mol. The van der Waals surface area contributed by atoms with E-state index in [2.05, 4.69) is 46.3 Å². The first-order valence-electron chi connectivity index (χ1n) is 6.01. The Morgan fingerprint density at radius 2 is 2.00 bits per heavy atom. The zero-order chi connectivity index (χ0) is 11.6. The zero-order valence-corrected chi connectivity index (χ0v) is 12.5. The third kappa shape index (κ3) is 1.40. The summed E-state index contributed by atoms with van der Waals surface area (Å²) in [4.78, 5) is 6.94. The van der Waals surface area contributed by atoms with E-state index < -0.39 is 0 Å². The maximum Gasteiger partial charge on any atom is 0.299 e. The summed E-state index contributed by atoms with van der Waals surface area (Å²) in [5, 5.41) is 0. The van der Waals surface area contributed by atoms with Gasteiger partial charge in [0.05, 0.1) is 6.54 Å². The Morgan fingerprint density at radius 3 is 2.59 bits per heavy atom. The van der Waals surface area contributed by atoms with Gasteiger partial charge in [0.1, 0.15) is 14.8 Å². The second kappa shape index (κ2) is 3.48. The van der Waals surface area contributed by atoms with Crippen LogP contribution < -0.4 is 4.74 Å². The second-order valence-electron chi connectivity index (χ2n) is 5.28. The Balaban J connectivity index is 1.71. The van der Waals surface area contributed by atoms with Gasteiger partial charge in [-0.3, -0.25) is 9.47 Å². The van der Waals surface area contributed by atoms with E-state index in [0.29, 0.717) is 5.92 Å². The van der Waals surface area contributed by atoms with Gasteiger partial charge in [0.2, 0.25) is 0 Å². The Bertz CT molecular complexity index is 481. The van der Waals surface area contributed by atoms with Crippen LogP contribution in [-0.2, 0) is 6.54 Å².